The number of amides is 1. The zero-order chi connectivity index (χ0) is 22.9. The summed E-state index contributed by atoms with van der Waals surface area (Å²) < 4.78 is 28.6. The van der Waals surface area contributed by atoms with Crippen LogP contribution in [0, 0.1) is 10.5 Å². The van der Waals surface area contributed by atoms with Gasteiger partial charge in [0.15, 0.2) is 5.11 Å². The Hall–Kier alpha value is -2.50. The Kier molecular flexibility index (Phi) is 6.50. The van der Waals surface area contributed by atoms with Gasteiger partial charge in [0.2, 0.25) is 0 Å². The molecule has 164 valence electrons. The summed E-state index contributed by atoms with van der Waals surface area (Å²) in [6.45, 7) is 2.40. The first-order chi connectivity index (χ1) is 15.3. The number of carbonyl (C=O) groups is 1. The van der Waals surface area contributed by atoms with Gasteiger partial charge in [-0.1, -0.05) is 24.3 Å². The summed E-state index contributed by atoms with van der Waals surface area (Å²) in [5, 5.41) is 5.70. The van der Waals surface area contributed by atoms with Crippen LogP contribution in [-0.4, -0.2) is 26.0 Å². The van der Waals surface area contributed by atoms with Crippen LogP contribution in [0.5, 0.6) is 0 Å². The predicted molar refractivity (Wildman–Crippen MR) is 139 cm³/mol. The lowest BCUT2D eigenvalue weighted by Gasteiger charge is -2.19. The third kappa shape index (κ3) is 4.64. The van der Waals surface area contributed by atoms with Crippen molar-refractivity contribution in [3.05, 3.63) is 87.0 Å². The van der Waals surface area contributed by atoms with Crippen molar-refractivity contribution in [2.45, 2.75) is 18.2 Å². The number of para-hydroxylation sites is 1. The van der Waals surface area contributed by atoms with E-state index in [9.17, 15) is 13.2 Å². The molecular weight excluding hydrogens is 557 g/mol. The molecule has 1 amide bonds. The van der Waals surface area contributed by atoms with Crippen molar-refractivity contribution >= 4 is 67.2 Å². The number of aryl methyl sites for hydroxylation is 1. The van der Waals surface area contributed by atoms with E-state index in [4.69, 9.17) is 12.2 Å². The van der Waals surface area contributed by atoms with Gasteiger partial charge >= 0.3 is 0 Å². The van der Waals surface area contributed by atoms with E-state index in [1.165, 1.54) is 16.4 Å². The first kappa shape index (κ1) is 22.7. The molecule has 0 radical (unpaired) electrons. The van der Waals surface area contributed by atoms with Crippen LogP contribution < -0.4 is 14.9 Å². The highest BCUT2D eigenvalue weighted by Crippen LogP contribution is 2.32. The normalized spacial score (nSPS) is 12.9. The van der Waals surface area contributed by atoms with Crippen LogP contribution in [0.4, 0.5) is 11.4 Å². The van der Waals surface area contributed by atoms with E-state index in [-0.39, 0.29) is 15.9 Å². The van der Waals surface area contributed by atoms with Crippen molar-refractivity contribution in [3.8, 4) is 0 Å². The summed E-state index contributed by atoms with van der Waals surface area (Å²) in [7, 11) is -3.66. The van der Waals surface area contributed by atoms with Gasteiger partial charge in [-0.05, 0) is 102 Å². The summed E-state index contributed by atoms with van der Waals surface area (Å²) in [5.41, 5.74) is 3.93. The van der Waals surface area contributed by atoms with Crippen LogP contribution in [0.1, 0.15) is 21.5 Å². The van der Waals surface area contributed by atoms with E-state index in [0.29, 0.717) is 24.2 Å². The van der Waals surface area contributed by atoms with Gasteiger partial charge in [-0.15, -0.1) is 0 Å². The van der Waals surface area contributed by atoms with Crippen LogP contribution in [0.15, 0.2) is 71.6 Å². The molecule has 0 aliphatic carbocycles. The van der Waals surface area contributed by atoms with Gasteiger partial charge in [0.05, 0.1) is 10.6 Å². The average molecular weight is 577 g/mol. The number of thiocarbonyl (C=S) groups is 1. The minimum atomic E-state index is -3.66. The largest absolute Gasteiger partial charge is 0.332 e. The van der Waals surface area contributed by atoms with E-state index < -0.39 is 10.0 Å². The fourth-order valence-electron chi connectivity index (χ4n) is 3.47. The molecule has 0 atom stereocenters. The number of anilines is 2. The van der Waals surface area contributed by atoms with E-state index in [1.54, 1.807) is 24.3 Å². The molecule has 1 aliphatic heterocycles. The summed E-state index contributed by atoms with van der Waals surface area (Å²) in [6, 6.07) is 19.3. The molecule has 0 aromatic heterocycles. The van der Waals surface area contributed by atoms with Crippen LogP contribution in [0.25, 0.3) is 0 Å². The van der Waals surface area contributed by atoms with E-state index in [1.807, 2.05) is 37.3 Å². The Morgan fingerprint density at radius 2 is 1.78 bits per heavy atom. The van der Waals surface area contributed by atoms with Crippen molar-refractivity contribution in [3.63, 3.8) is 0 Å². The quantitative estimate of drug-likeness (QED) is 0.354. The van der Waals surface area contributed by atoms with Gasteiger partial charge in [0, 0.05) is 21.4 Å². The number of hydrogen-bond acceptors (Lipinski definition) is 4. The molecule has 3 aromatic carbocycles. The third-order valence-corrected chi connectivity index (χ3v) is 8.40. The van der Waals surface area contributed by atoms with E-state index in [0.717, 1.165) is 20.4 Å². The fraction of sp³-hybridized carbons (Fsp3) is 0.130. The Balaban J connectivity index is 1.43. The maximum absolute atomic E-state index is 13.1. The third-order valence-electron chi connectivity index (χ3n) is 5.21. The van der Waals surface area contributed by atoms with E-state index >= 15 is 0 Å². The fourth-order valence-corrected chi connectivity index (χ4v) is 5.70. The Labute approximate surface area is 206 Å². The number of carbonyl (C=O) groups excluding carboxylic acids is 1. The van der Waals surface area contributed by atoms with Gasteiger partial charge in [-0.2, -0.15) is 0 Å². The smallest absolute Gasteiger partial charge is 0.264 e. The van der Waals surface area contributed by atoms with E-state index in [2.05, 4.69) is 33.2 Å². The average Bonchev–Trinajstić information content (AvgIpc) is 3.21. The van der Waals surface area contributed by atoms with Crippen molar-refractivity contribution in [1.29, 1.82) is 0 Å². The number of rotatable bonds is 4. The molecule has 0 spiro atoms. The van der Waals surface area contributed by atoms with Crippen LogP contribution in [-0.2, 0) is 16.4 Å². The molecule has 0 bridgehead atoms. The molecule has 9 heteroatoms. The number of halogens is 1. The molecule has 3 aromatic rings. The predicted octanol–water partition coefficient (Wildman–Crippen LogP) is 4.48. The topological polar surface area (TPSA) is 78.5 Å². The molecule has 0 fully saturated rings. The zero-order valence-corrected chi connectivity index (χ0v) is 20.9. The highest BCUT2D eigenvalue weighted by Gasteiger charge is 2.30. The van der Waals surface area contributed by atoms with Crippen molar-refractivity contribution in [1.82, 2.24) is 5.32 Å². The Morgan fingerprint density at radius 3 is 2.50 bits per heavy atom. The second kappa shape index (κ2) is 9.16. The van der Waals surface area contributed by atoms with Crippen molar-refractivity contribution in [2.24, 2.45) is 0 Å². The number of benzene rings is 3. The van der Waals surface area contributed by atoms with Gasteiger partial charge in [0.25, 0.3) is 15.9 Å². The number of fused-ring (bicyclic) bond motifs is 1. The first-order valence-corrected chi connectivity index (χ1v) is 12.8. The molecule has 4 rings (SSSR count). The maximum Gasteiger partial charge on any atom is 0.264 e. The van der Waals surface area contributed by atoms with Gasteiger partial charge in [-0.25, -0.2) is 8.42 Å². The van der Waals surface area contributed by atoms with Crippen molar-refractivity contribution < 1.29 is 13.2 Å². The van der Waals surface area contributed by atoms with Gasteiger partial charge in [0.1, 0.15) is 0 Å². The number of nitrogens with one attached hydrogen (secondary N) is 2. The molecule has 0 unspecified atom stereocenters. The van der Waals surface area contributed by atoms with Crippen LogP contribution >= 0.6 is 34.8 Å². The summed E-state index contributed by atoms with van der Waals surface area (Å²) in [6.07, 6.45) is 0.697. The Bertz CT molecular complexity index is 1310. The number of hydrogen-bond donors (Lipinski definition) is 2. The standard InChI is InChI=1S/C23H20IN3O3S2/c1-15-6-7-17(14-20(15)24)22(28)26-23(31)25-18-8-10-19(11-9-18)32(29,30)27-13-12-16-4-2-3-5-21(16)27/h2-11,14H,12-13H2,1H3,(H2,25,26,28,31). The lowest BCUT2D eigenvalue weighted by atomic mass is 10.1. The lowest BCUT2D eigenvalue weighted by molar-refractivity contribution is 0.0977. The Morgan fingerprint density at radius 1 is 1.06 bits per heavy atom. The summed E-state index contributed by atoms with van der Waals surface area (Å²) in [4.78, 5) is 12.6. The first-order valence-electron chi connectivity index (χ1n) is 9.85. The SMILES string of the molecule is Cc1ccc(C(=O)NC(=S)Nc2ccc(S(=O)(=O)N3CCc4ccccc43)cc2)cc1I. The number of nitrogens with zero attached hydrogens (tertiary/aromatic N) is 1. The van der Waals surface area contributed by atoms with Crippen molar-refractivity contribution in [2.75, 3.05) is 16.2 Å². The zero-order valence-electron chi connectivity index (χ0n) is 17.1. The van der Waals surface area contributed by atoms with Gasteiger partial charge < -0.3 is 5.32 Å². The number of sulfonamides is 1. The molecule has 1 aliphatic rings. The van der Waals surface area contributed by atoms with Crippen LogP contribution in [0.2, 0.25) is 0 Å². The molecule has 2 N–H and O–H groups in total. The second-order valence-corrected chi connectivity index (χ2v) is 10.8. The molecule has 0 saturated heterocycles. The minimum Gasteiger partial charge on any atom is -0.332 e. The van der Waals surface area contributed by atoms with Crippen LogP contribution in [0.3, 0.4) is 0 Å². The molecule has 0 saturated carbocycles. The van der Waals surface area contributed by atoms with Gasteiger partial charge in [-0.3, -0.25) is 14.4 Å². The molecule has 32 heavy (non-hydrogen) atoms. The minimum absolute atomic E-state index is 0.134. The molecular formula is C23H20IN3O3S2. The highest BCUT2D eigenvalue weighted by atomic mass is 127. The summed E-state index contributed by atoms with van der Waals surface area (Å²) >= 11 is 7.41. The molecule has 6 nitrogen and oxygen atoms in total. The highest BCUT2D eigenvalue weighted by molar-refractivity contribution is 14.1. The molecule has 1 heterocycles. The maximum atomic E-state index is 13.1. The summed E-state index contributed by atoms with van der Waals surface area (Å²) in [5.74, 6) is -0.313. The monoisotopic (exact) mass is 577 g/mol. The second-order valence-electron chi connectivity index (χ2n) is 7.35. The lowest BCUT2D eigenvalue weighted by Crippen LogP contribution is -2.34.